The maximum absolute atomic E-state index is 12.5. The van der Waals surface area contributed by atoms with Gasteiger partial charge in [0.25, 0.3) is 0 Å². The third kappa shape index (κ3) is 3.52. The normalized spacial score (nSPS) is 11.4. The summed E-state index contributed by atoms with van der Waals surface area (Å²) in [7, 11) is 1.58. The SMILES string of the molecule is COc1ccc(-c2c(C#N)c(N(C(C)=O)C(C)=O)c(C#N)c3c2CCc2ccccc2-3)cc1. The number of ether oxygens (including phenoxy) is 1. The van der Waals surface area contributed by atoms with E-state index in [2.05, 4.69) is 12.1 Å². The highest BCUT2D eigenvalue weighted by molar-refractivity contribution is 6.16. The second-order valence-corrected chi connectivity index (χ2v) is 7.81. The number of nitrogens with zero attached hydrogens (tertiary/aromatic N) is 3. The predicted octanol–water partition coefficient (Wildman–Crippen LogP) is 4.77. The van der Waals surface area contributed by atoms with Crippen LogP contribution >= 0.6 is 0 Å². The van der Waals surface area contributed by atoms with Crippen LogP contribution in [0.1, 0.15) is 36.1 Å². The molecule has 1 aliphatic carbocycles. The van der Waals surface area contributed by atoms with Crippen molar-refractivity contribution in [3.63, 3.8) is 0 Å². The fourth-order valence-electron chi connectivity index (χ4n) is 4.63. The molecule has 0 fully saturated rings. The number of methoxy groups -OCH3 is 1. The molecule has 0 radical (unpaired) electrons. The standard InChI is InChI=1S/C27H21N3O3/c1-16(31)30(17(2)32)27-23(14-28)25(19-8-11-20(33-3)12-9-19)22-13-10-18-6-4-5-7-21(18)26(22)24(27)15-29/h4-9,11-12H,10,13H2,1-3H3. The summed E-state index contributed by atoms with van der Waals surface area (Å²) in [5, 5.41) is 20.5. The third-order valence-corrected chi connectivity index (χ3v) is 5.96. The van der Waals surface area contributed by atoms with Gasteiger partial charge in [0, 0.05) is 25.0 Å². The minimum atomic E-state index is -0.555. The first-order valence-electron chi connectivity index (χ1n) is 10.5. The van der Waals surface area contributed by atoms with Crippen LogP contribution in [0.3, 0.4) is 0 Å². The second-order valence-electron chi connectivity index (χ2n) is 7.81. The van der Waals surface area contributed by atoms with E-state index in [0.717, 1.165) is 33.6 Å². The van der Waals surface area contributed by atoms with Gasteiger partial charge in [-0.15, -0.1) is 0 Å². The van der Waals surface area contributed by atoms with Gasteiger partial charge in [0.1, 0.15) is 17.9 Å². The number of carbonyl (C=O) groups is 2. The van der Waals surface area contributed by atoms with E-state index >= 15 is 0 Å². The zero-order chi connectivity index (χ0) is 23.7. The van der Waals surface area contributed by atoms with Crippen molar-refractivity contribution in [2.45, 2.75) is 26.7 Å². The Labute approximate surface area is 192 Å². The van der Waals surface area contributed by atoms with Crippen molar-refractivity contribution >= 4 is 17.5 Å². The highest BCUT2D eigenvalue weighted by Gasteiger charge is 2.33. The number of hydrogen-bond acceptors (Lipinski definition) is 5. The maximum Gasteiger partial charge on any atom is 0.230 e. The van der Waals surface area contributed by atoms with Gasteiger partial charge < -0.3 is 4.74 Å². The molecule has 1 aliphatic rings. The maximum atomic E-state index is 12.5. The molecule has 0 aromatic heterocycles. The summed E-state index contributed by atoms with van der Waals surface area (Å²) in [6.45, 7) is 2.51. The van der Waals surface area contributed by atoms with E-state index < -0.39 is 11.8 Å². The van der Waals surface area contributed by atoms with Crippen LogP contribution in [0, 0.1) is 22.7 Å². The Morgan fingerprint density at radius 3 is 2.06 bits per heavy atom. The quantitative estimate of drug-likeness (QED) is 0.591. The monoisotopic (exact) mass is 435 g/mol. The van der Waals surface area contributed by atoms with E-state index in [9.17, 15) is 20.1 Å². The molecular formula is C27H21N3O3. The number of nitriles is 2. The second kappa shape index (κ2) is 8.61. The van der Waals surface area contributed by atoms with E-state index in [0.29, 0.717) is 23.3 Å². The number of hydrogen-bond donors (Lipinski definition) is 0. The van der Waals surface area contributed by atoms with Crippen LogP contribution in [0.2, 0.25) is 0 Å². The van der Waals surface area contributed by atoms with E-state index in [4.69, 9.17) is 4.74 Å². The molecule has 4 rings (SSSR count). The molecule has 0 saturated carbocycles. The lowest BCUT2D eigenvalue weighted by Crippen LogP contribution is -2.35. The first-order chi connectivity index (χ1) is 15.9. The number of fused-ring (bicyclic) bond motifs is 3. The molecular weight excluding hydrogens is 414 g/mol. The van der Waals surface area contributed by atoms with Gasteiger partial charge >= 0.3 is 0 Å². The fourth-order valence-corrected chi connectivity index (χ4v) is 4.63. The van der Waals surface area contributed by atoms with E-state index in [1.807, 2.05) is 36.4 Å². The van der Waals surface area contributed by atoms with E-state index in [1.54, 1.807) is 19.2 Å². The average Bonchev–Trinajstić information content (AvgIpc) is 2.82. The average molecular weight is 435 g/mol. The van der Waals surface area contributed by atoms with Crippen molar-refractivity contribution in [3.05, 3.63) is 70.8 Å². The fraction of sp³-hybridized carbons (Fsp3) is 0.185. The molecule has 33 heavy (non-hydrogen) atoms. The van der Waals surface area contributed by atoms with Crippen LogP contribution < -0.4 is 9.64 Å². The number of benzene rings is 3. The van der Waals surface area contributed by atoms with Crippen LogP contribution in [0.4, 0.5) is 5.69 Å². The molecule has 6 nitrogen and oxygen atoms in total. The number of aryl methyl sites for hydroxylation is 1. The molecule has 0 unspecified atom stereocenters. The van der Waals surface area contributed by atoms with Gasteiger partial charge in [-0.2, -0.15) is 10.5 Å². The van der Waals surface area contributed by atoms with Crippen molar-refractivity contribution in [1.82, 2.24) is 0 Å². The lowest BCUT2D eigenvalue weighted by molar-refractivity contribution is -0.124. The highest BCUT2D eigenvalue weighted by atomic mass is 16.5. The minimum Gasteiger partial charge on any atom is -0.497 e. The summed E-state index contributed by atoms with van der Waals surface area (Å²) in [6, 6.07) is 19.5. The largest absolute Gasteiger partial charge is 0.497 e. The molecule has 6 heteroatoms. The number of imide groups is 1. The molecule has 0 N–H and O–H groups in total. The van der Waals surface area contributed by atoms with Crippen LogP contribution in [0.5, 0.6) is 5.75 Å². The lowest BCUT2D eigenvalue weighted by Gasteiger charge is -2.29. The minimum absolute atomic E-state index is 0.0428. The van der Waals surface area contributed by atoms with Gasteiger partial charge in [-0.05, 0) is 47.2 Å². The molecule has 0 saturated heterocycles. The van der Waals surface area contributed by atoms with Crippen LogP contribution in [0.15, 0.2) is 48.5 Å². The first kappa shape index (κ1) is 21.8. The van der Waals surface area contributed by atoms with Gasteiger partial charge in [0.05, 0.1) is 23.9 Å². The molecule has 3 aromatic rings. The molecule has 0 atom stereocenters. The highest BCUT2D eigenvalue weighted by Crippen LogP contribution is 2.47. The van der Waals surface area contributed by atoms with Gasteiger partial charge in [-0.25, -0.2) is 4.90 Å². The first-order valence-corrected chi connectivity index (χ1v) is 10.5. The smallest absolute Gasteiger partial charge is 0.230 e. The molecule has 162 valence electrons. The van der Waals surface area contributed by atoms with Crippen LogP contribution in [-0.4, -0.2) is 18.9 Å². The van der Waals surface area contributed by atoms with E-state index in [1.165, 1.54) is 13.8 Å². The summed E-state index contributed by atoms with van der Waals surface area (Å²) in [5.41, 5.74) is 5.22. The Morgan fingerprint density at radius 2 is 1.48 bits per heavy atom. The molecule has 0 aliphatic heterocycles. The number of carbonyl (C=O) groups excluding carboxylic acids is 2. The Hall–Kier alpha value is -4.42. The molecule has 3 aromatic carbocycles. The van der Waals surface area contributed by atoms with Crippen molar-refractivity contribution in [1.29, 1.82) is 10.5 Å². The number of anilines is 1. The summed E-state index contributed by atoms with van der Waals surface area (Å²) in [4.78, 5) is 26.0. The van der Waals surface area contributed by atoms with Crippen LogP contribution in [-0.2, 0) is 22.4 Å². The summed E-state index contributed by atoms with van der Waals surface area (Å²) < 4.78 is 5.28. The zero-order valence-electron chi connectivity index (χ0n) is 18.6. The van der Waals surface area contributed by atoms with Gasteiger partial charge in [-0.1, -0.05) is 36.4 Å². The van der Waals surface area contributed by atoms with Gasteiger partial charge in [-0.3, -0.25) is 9.59 Å². The Bertz CT molecular complexity index is 1360. The van der Waals surface area contributed by atoms with Crippen molar-refractivity contribution in [2.75, 3.05) is 12.0 Å². The van der Waals surface area contributed by atoms with E-state index in [-0.39, 0.29) is 16.8 Å². The topological polar surface area (TPSA) is 94.2 Å². The Morgan fingerprint density at radius 1 is 0.879 bits per heavy atom. The summed E-state index contributed by atoms with van der Waals surface area (Å²) in [5.74, 6) is -0.445. The predicted molar refractivity (Wildman–Crippen MR) is 125 cm³/mol. The summed E-state index contributed by atoms with van der Waals surface area (Å²) >= 11 is 0. The number of amides is 2. The molecule has 0 bridgehead atoms. The van der Waals surface area contributed by atoms with Crippen molar-refractivity contribution in [2.24, 2.45) is 0 Å². The Kier molecular flexibility index (Phi) is 5.69. The number of rotatable bonds is 3. The van der Waals surface area contributed by atoms with Crippen LogP contribution in [0.25, 0.3) is 22.3 Å². The lowest BCUT2D eigenvalue weighted by atomic mass is 9.77. The van der Waals surface area contributed by atoms with Gasteiger partial charge in [0.2, 0.25) is 11.8 Å². The molecule has 2 amide bonds. The third-order valence-electron chi connectivity index (χ3n) is 5.96. The van der Waals surface area contributed by atoms with Crippen molar-refractivity contribution < 1.29 is 14.3 Å². The molecule has 0 heterocycles. The zero-order valence-corrected chi connectivity index (χ0v) is 18.6. The van der Waals surface area contributed by atoms with Crippen molar-refractivity contribution in [3.8, 4) is 40.1 Å². The summed E-state index contributed by atoms with van der Waals surface area (Å²) in [6.07, 6.45) is 1.38. The van der Waals surface area contributed by atoms with Gasteiger partial charge in [0.15, 0.2) is 0 Å². The molecule has 0 spiro atoms. The Balaban J connectivity index is 2.21.